The number of sulfone groups is 1. The maximum absolute atomic E-state index is 13.2. The highest BCUT2D eigenvalue weighted by molar-refractivity contribution is 7.90. The van der Waals surface area contributed by atoms with Crippen molar-refractivity contribution in [2.24, 2.45) is 5.92 Å². The lowest BCUT2D eigenvalue weighted by Crippen LogP contribution is -2.23. The minimum atomic E-state index is -3.49. The molecule has 1 heterocycles. The van der Waals surface area contributed by atoms with Crippen molar-refractivity contribution in [1.29, 1.82) is 0 Å². The Morgan fingerprint density at radius 2 is 1.97 bits per heavy atom. The highest BCUT2D eigenvalue weighted by atomic mass is 35.5. The summed E-state index contributed by atoms with van der Waals surface area (Å²) in [5.74, 6) is -2.42. The molecule has 2 aromatic rings. The van der Waals surface area contributed by atoms with Gasteiger partial charge in [-0.25, -0.2) is 18.2 Å². The fourth-order valence-corrected chi connectivity index (χ4v) is 5.97. The normalized spacial score (nSPS) is 15.2. The van der Waals surface area contributed by atoms with Crippen LogP contribution < -0.4 is 5.32 Å². The van der Waals surface area contributed by atoms with Gasteiger partial charge in [-0.1, -0.05) is 43.4 Å². The third-order valence-electron chi connectivity index (χ3n) is 5.55. The number of nitrogens with one attached hydrogen (secondary N) is 1. The molecule has 11 heteroatoms. The molecule has 1 saturated carbocycles. The van der Waals surface area contributed by atoms with E-state index in [1.807, 2.05) is 0 Å². The van der Waals surface area contributed by atoms with Crippen LogP contribution in [0.2, 0.25) is 5.02 Å². The van der Waals surface area contributed by atoms with Gasteiger partial charge >= 0.3 is 5.97 Å². The van der Waals surface area contributed by atoms with Crippen molar-refractivity contribution >= 4 is 55.6 Å². The number of amides is 1. The van der Waals surface area contributed by atoms with Gasteiger partial charge in [-0.05, 0) is 37.0 Å². The second-order valence-corrected chi connectivity index (χ2v) is 11.2. The monoisotopic (exact) mass is 512 g/mol. The molecule has 33 heavy (non-hydrogen) atoms. The van der Waals surface area contributed by atoms with Crippen molar-refractivity contribution in [3.63, 3.8) is 0 Å². The Labute approximate surface area is 201 Å². The zero-order valence-corrected chi connectivity index (χ0v) is 20.7. The number of aromatic nitrogens is 1. The molecule has 1 aliphatic rings. The highest BCUT2D eigenvalue weighted by Gasteiger charge is 2.29. The van der Waals surface area contributed by atoms with Crippen LogP contribution in [0.4, 0.5) is 5.13 Å². The first-order valence-corrected chi connectivity index (χ1v) is 13.7. The highest BCUT2D eigenvalue weighted by Crippen LogP contribution is 2.36. The van der Waals surface area contributed by atoms with E-state index in [0.717, 1.165) is 43.3 Å². The molecule has 0 spiro atoms. The maximum Gasteiger partial charge on any atom is 0.381 e. The van der Waals surface area contributed by atoms with Crippen LogP contribution in [0.25, 0.3) is 0 Å². The van der Waals surface area contributed by atoms with Gasteiger partial charge in [0.15, 0.2) is 15.0 Å². The Morgan fingerprint density at radius 3 is 2.58 bits per heavy atom. The van der Waals surface area contributed by atoms with E-state index >= 15 is 0 Å². The number of carbonyl (C=O) groups is 3. The van der Waals surface area contributed by atoms with Crippen LogP contribution in [0, 0.1) is 5.92 Å². The average Bonchev–Trinajstić information content (AvgIpc) is 3.42. The average molecular weight is 513 g/mol. The molecule has 1 atom stereocenters. The van der Waals surface area contributed by atoms with Crippen LogP contribution in [0.15, 0.2) is 28.5 Å². The first kappa shape index (κ1) is 25.3. The lowest BCUT2D eigenvalue weighted by atomic mass is 9.87. The summed E-state index contributed by atoms with van der Waals surface area (Å²) in [6, 6.07) is 4.55. The van der Waals surface area contributed by atoms with Gasteiger partial charge in [-0.2, -0.15) is 0 Å². The maximum atomic E-state index is 13.2. The largest absolute Gasteiger partial charge is 0.460 e. The van der Waals surface area contributed by atoms with E-state index in [-0.39, 0.29) is 33.3 Å². The lowest BCUT2D eigenvalue weighted by molar-refractivity contribution is -0.137. The second kappa shape index (κ2) is 10.8. The number of esters is 1. The van der Waals surface area contributed by atoms with Crippen LogP contribution >= 0.6 is 22.9 Å². The van der Waals surface area contributed by atoms with Crippen LogP contribution in [-0.2, 0) is 24.2 Å². The standard InChI is InChI=1S/C22H25ClN2O6S2/c1-3-31-21(28)19(26)17-12-32-22(24-17)25-20(27)15(10-13-6-4-5-7-13)14-8-9-18(16(23)11-14)33(2,29)30/h8-9,11-13,15H,3-7,10H2,1-2H3,(H,24,25,27). The summed E-state index contributed by atoms with van der Waals surface area (Å²) < 4.78 is 28.5. The fraction of sp³-hybridized carbons (Fsp3) is 0.455. The van der Waals surface area contributed by atoms with E-state index in [1.165, 1.54) is 17.5 Å². The fourth-order valence-electron chi connectivity index (χ4n) is 3.94. The summed E-state index contributed by atoms with van der Waals surface area (Å²) >= 11 is 7.26. The van der Waals surface area contributed by atoms with Crippen LogP contribution in [0.1, 0.15) is 61.0 Å². The molecule has 0 saturated heterocycles. The van der Waals surface area contributed by atoms with Crippen molar-refractivity contribution < 1.29 is 27.5 Å². The molecular formula is C22H25ClN2O6S2. The van der Waals surface area contributed by atoms with Crippen molar-refractivity contribution in [3.8, 4) is 0 Å². The smallest absolute Gasteiger partial charge is 0.381 e. The Hall–Kier alpha value is -2.30. The molecule has 1 fully saturated rings. The number of Topliss-reactive ketones (excluding diaryl/α,β-unsaturated/α-hetero) is 1. The number of anilines is 1. The van der Waals surface area contributed by atoms with Crippen LogP contribution in [0.3, 0.4) is 0 Å². The molecule has 0 bridgehead atoms. The topological polar surface area (TPSA) is 119 Å². The quantitative estimate of drug-likeness (QED) is 0.303. The van der Waals surface area contributed by atoms with Gasteiger partial charge in [0.2, 0.25) is 5.91 Å². The third-order valence-corrected chi connectivity index (χ3v) is 7.88. The van der Waals surface area contributed by atoms with Crippen molar-refractivity contribution in [2.45, 2.75) is 49.8 Å². The molecule has 1 unspecified atom stereocenters. The predicted molar refractivity (Wildman–Crippen MR) is 126 cm³/mol. The van der Waals surface area contributed by atoms with Gasteiger partial charge in [-0.15, -0.1) is 11.3 Å². The summed E-state index contributed by atoms with van der Waals surface area (Å²) in [7, 11) is -3.49. The number of halogens is 1. The van der Waals surface area contributed by atoms with E-state index in [9.17, 15) is 22.8 Å². The number of hydrogen-bond donors (Lipinski definition) is 1. The number of hydrogen-bond acceptors (Lipinski definition) is 8. The first-order chi connectivity index (χ1) is 15.6. The number of ether oxygens (including phenoxy) is 1. The molecule has 178 valence electrons. The Morgan fingerprint density at radius 1 is 1.27 bits per heavy atom. The van der Waals surface area contributed by atoms with Crippen molar-refractivity contribution in [1.82, 2.24) is 4.98 Å². The molecule has 1 N–H and O–H groups in total. The second-order valence-electron chi connectivity index (χ2n) is 7.98. The number of nitrogens with zero attached hydrogens (tertiary/aromatic N) is 1. The number of thiazole rings is 1. The summed E-state index contributed by atoms with van der Waals surface area (Å²) in [4.78, 5) is 41.0. The number of benzene rings is 1. The summed E-state index contributed by atoms with van der Waals surface area (Å²) in [6.07, 6.45) is 5.93. The minimum Gasteiger partial charge on any atom is -0.460 e. The first-order valence-electron chi connectivity index (χ1n) is 10.6. The summed E-state index contributed by atoms with van der Waals surface area (Å²) in [5, 5.41) is 4.36. The molecule has 1 aromatic heterocycles. The van der Waals surface area contributed by atoms with Crippen LogP contribution in [0.5, 0.6) is 0 Å². The van der Waals surface area contributed by atoms with Crippen LogP contribution in [-0.4, -0.2) is 43.9 Å². The summed E-state index contributed by atoms with van der Waals surface area (Å²) in [5.41, 5.74) is 0.512. The van der Waals surface area contributed by atoms with E-state index < -0.39 is 27.5 Å². The van der Waals surface area contributed by atoms with Gasteiger partial charge in [-0.3, -0.25) is 9.59 Å². The molecule has 0 radical (unpaired) electrons. The van der Waals surface area contributed by atoms with Gasteiger partial charge in [0, 0.05) is 11.6 Å². The number of rotatable bonds is 9. The van der Waals surface area contributed by atoms with Crippen molar-refractivity contribution in [3.05, 3.63) is 39.9 Å². The number of carbonyl (C=O) groups excluding carboxylic acids is 3. The van der Waals surface area contributed by atoms with Crippen molar-refractivity contribution in [2.75, 3.05) is 18.2 Å². The van der Waals surface area contributed by atoms with E-state index in [4.69, 9.17) is 16.3 Å². The molecule has 1 aliphatic carbocycles. The summed E-state index contributed by atoms with van der Waals surface area (Å²) in [6.45, 7) is 1.67. The molecule has 1 aromatic carbocycles. The Balaban J connectivity index is 1.83. The zero-order valence-electron chi connectivity index (χ0n) is 18.3. The van der Waals surface area contributed by atoms with Gasteiger partial charge in [0.05, 0.1) is 22.4 Å². The molecule has 8 nitrogen and oxygen atoms in total. The van der Waals surface area contributed by atoms with E-state index in [2.05, 4.69) is 10.3 Å². The third kappa shape index (κ3) is 6.39. The molecule has 3 rings (SSSR count). The van der Waals surface area contributed by atoms with Gasteiger partial charge < -0.3 is 10.1 Å². The zero-order chi connectivity index (χ0) is 24.2. The van der Waals surface area contributed by atoms with Gasteiger partial charge in [0.1, 0.15) is 5.69 Å². The number of ketones is 1. The SMILES string of the molecule is CCOC(=O)C(=O)c1csc(NC(=O)C(CC2CCCC2)c2ccc(S(C)(=O)=O)c(Cl)c2)n1. The van der Waals surface area contributed by atoms with E-state index in [1.54, 1.807) is 13.0 Å². The van der Waals surface area contributed by atoms with E-state index in [0.29, 0.717) is 17.9 Å². The Bertz CT molecular complexity index is 1160. The predicted octanol–water partition coefficient (Wildman–Crippen LogP) is 4.25. The Kier molecular flexibility index (Phi) is 8.25. The molecular weight excluding hydrogens is 488 g/mol. The molecule has 0 aliphatic heterocycles. The molecule has 1 amide bonds. The van der Waals surface area contributed by atoms with Gasteiger partial charge in [0.25, 0.3) is 5.78 Å². The minimum absolute atomic E-state index is 0.00924. The lowest BCUT2D eigenvalue weighted by Gasteiger charge is -2.20.